The molecule has 0 aromatic carbocycles. The first-order valence-corrected chi connectivity index (χ1v) is 7.23. The molecule has 1 fully saturated rings. The minimum atomic E-state index is 0.533. The number of hydrogen-bond donors (Lipinski definition) is 1. The molecule has 5 nitrogen and oxygen atoms in total. The number of rotatable bonds is 5. The predicted molar refractivity (Wildman–Crippen MR) is 78.3 cm³/mol. The van der Waals surface area contributed by atoms with Crippen LogP contribution in [0.15, 0.2) is 12.3 Å². The molecule has 1 atom stereocenters. The van der Waals surface area contributed by atoms with Crippen LogP contribution in [-0.4, -0.2) is 53.6 Å². The Labute approximate surface area is 115 Å². The summed E-state index contributed by atoms with van der Waals surface area (Å²) in [5.41, 5.74) is 6.90. The van der Waals surface area contributed by atoms with Gasteiger partial charge in [-0.2, -0.15) is 0 Å². The molecular formula is C14H25N5. The van der Waals surface area contributed by atoms with Crippen LogP contribution in [0, 0.1) is 6.92 Å². The summed E-state index contributed by atoms with van der Waals surface area (Å²) in [5, 5.41) is 0. The Bertz CT molecular complexity index is 387. The van der Waals surface area contributed by atoms with E-state index in [9.17, 15) is 0 Å². The number of nitrogens with zero attached hydrogens (tertiary/aromatic N) is 4. The topological polar surface area (TPSA) is 58.3 Å². The third-order valence-electron chi connectivity index (χ3n) is 3.79. The molecule has 1 aromatic heterocycles. The van der Waals surface area contributed by atoms with Gasteiger partial charge in [0, 0.05) is 50.7 Å². The summed E-state index contributed by atoms with van der Waals surface area (Å²) >= 11 is 0. The molecule has 1 unspecified atom stereocenters. The van der Waals surface area contributed by atoms with Gasteiger partial charge in [-0.05, 0) is 19.4 Å². The minimum Gasteiger partial charge on any atom is -0.338 e. The van der Waals surface area contributed by atoms with Gasteiger partial charge in [-0.3, -0.25) is 4.90 Å². The van der Waals surface area contributed by atoms with Crippen molar-refractivity contribution >= 4 is 5.95 Å². The second kappa shape index (κ2) is 6.82. The van der Waals surface area contributed by atoms with Gasteiger partial charge in [0.25, 0.3) is 0 Å². The first kappa shape index (κ1) is 14.2. The van der Waals surface area contributed by atoms with Crippen LogP contribution in [0.4, 0.5) is 5.95 Å². The van der Waals surface area contributed by atoms with E-state index in [1.807, 2.05) is 19.2 Å². The van der Waals surface area contributed by atoms with Crippen LogP contribution in [0.2, 0.25) is 0 Å². The van der Waals surface area contributed by atoms with Crippen LogP contribution >= 0.6 is 0 Å². The lowest BCUT2D eigenvalue weighted by Gasteiger charge is -2.39. The number of aromatic nitrogens is 2. The molecule has 2 N–H and O–H groups in total. The van der Waals surface area contributed by atoms with Gasteiger partial charge in [-0.25, -0.2) is 9.97 Å². The van der Waals surface area contributed by atoms with Crippen molar-refractivity contribution < 1.29 is 0 Å². The van der Waals surface area contributed by atoms with Crippen molar-refractivity contribution in [3.05, 3.63) is 18.0 Å². The van der Waals surface area contributed by atoms with Crippen molar-refractivity contribution in [1.29, 1.82) is 0 Å². The molecule has 0 saturated carbocycles. The van der Waals surface area contributed by atoms with Crippen LogP contribution < -0.4 is 10.6 Å². The van der Waals surface area contributed by atoms with Crippen molar-refractivity contribution in [3.63, 3.8) is 0 Å². The van der Waals surface area contributed by atoms with Crippen LogP contribution in [0.3, 0.4) is 0 Å². The quantitative estimate of drug-likeness (QED) is 0.860. The third kappa shape index (κ3) is 3.64. The molecular weight excluding hydrogens is 238 g/mol. The Morgan fingerprint density at radius 3 is 2.63 bits per heavy atom. The molecule has 2 rings (SSSR count). The van der Waals surface area contributed by atoms with Crippen molar-refractivity contribution in [3.8, 4) is 0 Å². The molecule has 5 heteroatoms. The van der Waals surface area contributed by atoms with Crippen LogP contribution in [0.25, 0.3) is 0 Å². The van der Waals surface area contributed by atoms with Crippen molar-refractivity contribution in [2.45, 2.75) is 32.7 Å². The van der Waals surface area contributed by atoms with E-state index in [1.54, 1.807) is 0 Å². The highest BCUT2D eigenvalue weighted by Crippen LogP contribution is 2.14. The lowest BCUT2D eigenvalue weighted by atomic mass is 10.1. The first-order valence-electron chi connectivity index (χ1n) is 7.23. The van der Waals surface area contributed by atoms with Gasteiger partial charge in [0.05, 0.1) is 0 Å². The second-order valence-electron chi connectivity index (χ2n) is 5.20. The largest absolute Gasteiger partial charge is 0.338 e. The maximum absolute atomic E-state index is 5.88. The average Bonchev–Trinajstić information content (AvgIpc) is 2.45. The summed E-state index contributed by atoms with van der Waals surface area (Å²) < 4.78 is 0. The fourth-order valence-electron chi connectivity index (χ4n) is 2.66. The average molecular weight is 263 g/mol. The molecule has 1 saturated heterocycles. The van der Waals surface area contributed by atoms with Gasteiger partial charge in [0.2, 0.25) is 5.95 Å². The van der Waals surface area contributed by atoms with Crippen LogP contribution in [0.5, 0.6) is 0 Å². The van der Waals surface area contributed by atoms with Crippen molar-refractivity contribution in [1.82, 2.24) is 14.9 Å². The summed E-state index contributed by atoms with van der Waals surface area (Å²) in [6.45, 7) is 9.08. The SMILES string of the molecule is CCCC(CN)N1CCN(c2nccc(C)n2)CC1. The fraction of sp³-hybridized carbons (Fsp3) is 0.714. The summed E-state index contributed by atoms with van der Waals surface area (Å²) in [6.07, 6.45) is 4.23. The molecule has 1 aliphatic rings. The molecule has 0 aliphatic carbocycles. The molecule has 1 aliphatic heterocycles. The van der Waals surface area contributed by atoms with Crippen molar-refractivity contribution in [2.24, 2.45) is 5.73 Å². The highest BCUT2D eigenvalue weighted by molar-refractivity contribution is 5.30. The summed E-state index contributed by atoms with van der Waals surface area (Å²) in [6, 6.07) is 2.47. The maximum Gasteiger partial charge on any atom is 0.225 e. The van der Waals surface area contributed by atoms with Crippen LogP contribution in [-0.2, 0) is 0 Å². The maximum atomic E-state index is 5.88. The molecule has 0 bridgehead atoms. The van der Waals surface area contributed by atoms with E-state index >= 15 is 0 Å². The van der Waals surface area contributed by atoms with E-state index in [4.69, 9.17) is 5.73 Å². The Hall–Kier alpha value is -1.20. The van der Waals surface area contributed by atoms with Gasteiger partial charge < -0.3 is 10.6 Å². The number of piperazine rings is 1. The van der Waals surface area contributed by atoms with Crippen LogP contribution in [0.1, 0.15) is 25.5 Å². The van der Waals surface area contributed by atoms with Gasteiger partial charge in [-0.15, -0.1) is 0 Å². The van der Waals surface area contributed by atoms with Crippen molar-refractivity contribution in [2.75, 3.05) is 37.6 Å². The third-order valence-corrected chi connectivity index (χ3v) is 3.79. The van der Waals surface area contributed by atoms with Gasteiger partial charge in [0.15, 0.2) is 0 Å². The molecule has 0 spiro atoms. The van der Waals surface area contributed by atoms with E-state index < -0.39 is 0 Å². The molecule has 0 amide bonds. The Morgan fingerprint density at radius 2 is 2.05 bits per heavy atom. The number of anilines is 1. The number of nitrogens with two attached hydrogens (primary N) is 1. The van der Waals surface area contributed by atoms with E-state index in [0.717, 1.165) is 44.4 Å². The van der Waals surface area contributed by atoms with Gasteiger partial charge in [-0.1, -0.05) is 13.3 Å². The normalized spacial score (nSPS) is 18.6. The highest BCUT2D eigenvalue weighted by atomic mass is 15.3. The zero-order valence-electron chi connectivity index (χ0n) is 12.0. The molecule has 2 heterocycles. The van der Waals surface area contributed by atoms with E-state index in [0.29, 0.717) is 6.04 Å². The fourth-order valence-corrected chi connectivity index (χ4v) is 2.66. The molecule has 19 heavy (non-hydrogen) atoms. The monoisotopic (exact) mass is 263 g/mol. The minimum absolute atomic E-state index is 0.533. The number of hydrogen-bond acceptors (Lipinski definition) is 5. The lowest BCUT2D eigenvalue weighted by molar-refractivity contribution is 0.179. The molecule has 0 radical (unpaired) electrons. The predicted octanol–water partition coefficient (Wildman–Crippen LogP) is 1.03. The van der Waals surface area contributed by atoms with E-state index in [-0.39, 0.29) is 0 Å². The Morgan fingerprint density at radius 1 is 1.32 bits per heavy atom. The van der Waals surface area contributed by atoms with Gasteiger partial charge in [0.1, 0.15) is 0 Å². The van der Waals surface area contributed by atoms with Gasteiger partial charge >= 0.3 is 0 Å². The molecule has 106 valence electrons. The Kier molecular flexibility index (Phi) is 5.10. The standard InChI is InChI=1S/C14H25N5/c1-3-4-13(11-15)18-7-9-19(10-8-18)14-16-6-5-12(2)17-14/h5-6,13H,3-4,7-11,15H2,1-2H3. The number of aryl methyl sites for hydroxylation is 1. The second-order valence-corrected chi connectivity index (χ2v) is 5.20. The smallest absolute Gasteiger partial charge is 0.225 e. The summed E-state index contributed by atoms with van der Waals surface area (Å²) in [7, 11) is 0. The molecule has 1 aromatic rings. The zero-order valence-corrected chi connectivity index (χ0v) is 12.0. The zero-order chi connectivity index (χ0) is 13.7. The Balaban J connectivity index is 1.91. The summed E-state index contributed by atoms with van der Waals surface area (Å²) in [4.78, 5) is 13.6. The summed E-state index contributed by atoms with van der Waals surface area (Å²) in [5.74, 6) is 0.861. The van der Waals surface area contributed by atoms with E-state index in [2.05, 4.69) is 26.7 Å². The highest BCUT2D eigenvalue weighted by Gasteiger charge is 2.23. The van der Waals surface area contributed by atoms with E-state index in [1.165, 1.54) is 12.8 Å². The lowest BCUT2D eigenvalue weighted by Crippen LogP contribution is -2.52. The first-order chi connectivity index (χ1) is 9.24.